The molecule has 0 unspecified atom stereocenters. The van der Waals surface area contributed by atoms with Crippen molar-refractivity contribution < 1.29 is 32.2 Å². The lowest BCUT2D eigenvalue weighted by atomic mass is 10.0. The van der Waals surface area contributed by atoms with Gasteiger partial charge in [0.25, 0.3) is 5.91 Å². The van der Waals surface area contributed by atoms with Crippen LogP contribution in [0.25, 0.3) is 0 Å². The maximum absolute atomic E-state index is 13.2. The predicted molar refractivity (Wildman–Crippen MR) is 124 cm³/mol. The number of nitrogens with one attached hydrogen (secondary N) is 1. The highest BCUT2D eigenvalue weighted by molar-refractivity contribution is 5.98. The van der Waals surface area contributed by atoms with E-state index in [1.165, 1.54) is 12.0 Å². The molecule has 1 N–H and O–H groups in total. The van der Waals surface area contributed by atoms with E-state index < -0.39 is 12.6 Å². The van der Waals surface area contributed by atoms with Crippen LogP contribution in [0.3, 0.4) is 0 Å². The van der Waals surface area contributed by atoms with Crippen molar-refractivity contribution in [3.8, 4) is 5.75 Å². The Morgan fingerprint density at radius 2 is 1.97 bits per heavy atom. The Kier molecular flexibility index (Phi) is 10.2. The Morgan fingerprint density at radius 3 is 2.59 bits per heavy atom. The minimum atomic E-state index is -4.26. The summed E-state index contributed by atoms with van der Waals surface area (Å²) in [6.07, 6.45) is -4.49. The van der Waals surface area contributed by atoms with Crippen LogP contribution in [-0.2, 0) is 9.53 Å². The number of likely N-dealkylation sites (N-methyl/N-ethyl adjacent to an activating group) is 1. The molecule has 1 aliphatic heterocycles. The molecule has 7 nitrogen and oxygen atoms in total. The maximum Gasteiger partial charge on any atom is 0.390 e. The molecule has 1 aromatic carbocycles. The number of carbonyl (C=O) groups excluding carboxylic acids is 2. The fourth-order valence-corrected chi connectivity index (χ4v) is 3.96. The van der Waals surface area contributed by atoms with E-state index in [0.717, 1.165) is 0 Å². The number of anilines is 1. The SMILES string of the molecule is CCCC(=O)Nc1ccc2c(c1)OC[C@H](C)N(CCC(F)(F)F)C[C@@H](C)[C@@H](OC)CN(C)C2=O. The molecule has 1 aliphatic rings. The standard InChI is InChI=1S/C24H36F3N3O4/c1-6-7-22(31)28-18-8-9-19-20(12-18)34-15-17(3)30(11-10-24(25,26)27)13-16(2)21(33-5)14-29(4)23(19)32/h8-9,12,16-17,21H,6-7,10-11,13-15H2,1-5H3,(H,28,31)/t16-,17+,21+/m1/s1. The number of amides is 2. The second kappa shape index (κ2) is 12.4. The zero-order chi connectivity index (χ0) is 25.5. The van der Waals surface area contributed by atoms with Crippen molar-refractivity contribution in [2.24, 2.45) is 5.92 Å². The Labute approximate surface area is 199 Å². The average Bonchev–Trinajstić information content (AvgIpc) is 2.76. The van der Waals surface area contributed by atoms with Gasteiger partial charge in [0.2, 0.25) is 5.91 Å². The van der Waals surface area contributed by atoms with Crippen molar-refractivity contribution in [2.45, 2.75) is 58.4 Å². The van der Waals surface area contributed by atoms with Gasteiger partial charge in [-0.15, -0.1) is 0 Å². The Morgan fingerprint density at radius 1 is 1.26 bits per heavy atom. The van der Waals surface area contributed by atoms with Gasteiger partial charge in [-0.3, -0.25) is 14.5 Å². The van der Waals surface area contributed by atoms with E-state index in [1.807, 2.05) is 13.8 Å². The van der Waals surface area contributed by atoms with Crippen LogP contribution in [0, 0.1) is 5.92 Å². The molecule has 2 rings (SSSR count). The minimum Gasteiger partial charge on any atom is -0.491 e. The first kappa shape index (κ1) is 27.9. The lowest BCUT2D eigenvalue weighted by molar-refractivity contribution is -0.140. The van der Waals surface area contributed by atoms with Gasteiger partial charge in [0.15, 0.2) is 0 Å². The Bertz CT molecular complexity index is 834. The number of halogens is 3. The number of rotatable bonds is 6. The number of nitrogens with zero attached hydrogens (tertiary/aromatic N) is 2. The minimum absolute atomic E-state index is 0.0819. The molecule has 2 amide bonds. The number of benzene rings is 1. The van der Waals surface area contributed by atoms with Gasteiger partial charge in [0.1, 0.15) is 12.4 Å². The maximum atomic E-state index is 13.2. The Balaban J connectivity index is 2.37. The first-order valence-electron chi connectivity index (χ1n) is 11.6. The van der Waals surface area contributed by atoms with Gasteiger partial charge in [-0.05, 0) is 31.4 Å². The molecule has 1 heterocycles. The van der Waals surface area contributed by atoms with Crippen molar-refractivity contribution in [3.05, 3.63) is 23.8 Å². The lowest BCUT2D eigenvalue weighted by Gasteiger charge is -2.36. The van der Waals surface area contributed by atoms with Crippen LogP contribution in [0.5, 0.6) is 5.75 Å². The summed E-state index contributed by atoms with van der Waals surface area (Å²) in [5.41, 5.74) is 0.804. The molecule has 192 valence electrons. The van der Waals surface area contributed by atoms with Crippen LogP contribution in [0.2, 0.25) is 0 Å². The van der Waals surface area contributed by atoms with Gasteiger partial charge < -0.3 is 19.7 Å². The van der Waals surface area contributed by atoms with Crippen LogP contribution in [0.15, 0.2) is 18.2 Å². The highest BCUT2D eigenvalue weighted by atomic mass is 19.4. The third-order valence-corrected chi connectivity index (χ3v) is 6.02. The highest BCUT2D eigenvalue weighted by Crippen LogP contribution is 2.27. The summed E-state index contributed by atoms with van der Waals surface area (Å²) in [5.74, 6) is -0.261. The van der Waals surface area contributed by atoms with Crippen molar-refractivity contribution in [2.75, 3.05) is 45.7 Å². The zero-order valence-electron chi connectivity index (χ0n) is 20.6. The molecule has 10 heteroatoms. The molecule has 0 saturated heterocycles. The highest BCUT2D eigenvalue weighted by Gasteiger charge is 2.32. The third-order valence-electron chi connectivity index (χ3n) is 6.02. The van der Waals surface area contributed by atoms with Crippen molar-refractivity contribution in [1.82, 2.24) is 9.80 Å². The van der Waals surface area contributed by atoms with E-state index in [2.05, 4.69) is 5.32 Å². The number of alkyl halides is 3. The molecular weight excluding hydrogens is 451 g/mol. The number of fused-ring (bicyclic) bond motifs is 1. The summed E-state index contributed by atoms with van der Waals surface area (Å²) in [6.45, 7) is 6.16. The average molecular weight is 488 g/mol. The van der Waals surface area contributed by atoms with Gasteiger partial charge in [-0.25, -0.2) is 0 Å². The van der Waals surface area contributed by atoms with E-state index in [9.17, 15) is 22.8 Å². The molecule has 0 saturated carbocycles. The van der Waals surface area contributed by atoms with Gasteiger partial charge >= 0.3 is 6.18 Å². The molecule has 1 aromatic rings. The van der Waals surface area contributed by atoms with E-state index in [-0.39, 0.29) is 55.3 Å². The summed E-state index contributed by atoms with van der Waals surface area (Å²) < 4.78 is 50.5. The van der Waals surface area contributed by atoms with E-state index in [1.54, 1.807) is 37.1 Å². The summed E-state index contributed by atoms with van der Waals surface area (Å²) in [7, 11) is 3.19. The fraction of sp³-hybridized carbons (Fsp3) is 0.667. The second-order valence-electron chi connectivity index (χ2n) is 8.97. The molecule has 0 aromatic heterocycles. The molecule has 0 spiro atoms. The molecule has 0 aliphatic carbocycles. The predicted octanol–water partition coefficient (Wildman–Crippen LogP) is 4.18. The quantitative estimate of drug-likeness (QED) is 0.652. The van der Waals surface area contributed by atoms with Crippen LogP contribution >= 0.6 is 0 Å². The smallest absolute Gasteiger partial charge is 0.390 e. The second-order valence-corrected chi connectivity index (χ2v) is 8.97. The Hall–Kier alpha value is -2.33. The largest absolute Gasteiger partial charge is 0.491 e. The molecule has 34 heavy (non-hydrogen) atoms. The van der Waals surface area contributed by atoms with Crippen LogP contribution in [-0.4, -0.2) is 80.3 Å². The van der Waals surface area contributed by atoms with Crippen molar-refractivity contribution >= 4 is 17.5 Å². The van der Waals surface area contributed by atoms with E-state index in [0.29, 0.717) is 30.6 Å². The number of hydrogen-bond donors (Lipinski definition) is 1. The van der Waals surface area contributed by atoms with Gasteiger partial charge in [0, 0.05) is 58.0 Å². The number of hydrogen-bond acceptors (Lipinski definition) is 5. The molecule has 0 fully saturated rings. The molecular formula is C24H36F3N3O4. The van der Waals surface area contributed by atoms with Crippen LogP contribution in [0.1, 0.15) is 50.4 Å². The topological polar surface area (TPSA) is 71.1 Å². The summed E-state index contributed by atoms with van der Waals surface area (Å²) in [4.78, 5) is 28.5. The first-order chi connectivity index (χ1) is 15.9. The van der Waals surface area contributed by atoms with Gasteiger partial charge in [-0.2, -0.15) is 13.2 Å². The number of ether oxygens (including phenoxy) is 2. The molecule has 0 bridgehead atoms. The number of carbonyl (C=O) groups is 2. The number of methoxy groups -OCH3 is 1. The van der Waals surface area contributed by atoms with Crippen LogP contribution in [0.4, 0.5) is 18.9 Å². The summed E-state index contributed by atoms with van der Waals surface area (Å²) in [6, 6.07) is 4.48. The molecule has 3 atom stereocenters. The fourth-order valence-electron chi connectivity index (χ4n) is 3.96. The first-order valence-corrected chi connectivity index (χ1v) is 11.6. The van der Waals surface area contributed by atoms with E-state index in [4.69, 9.17) is 9.47 Å². The lowest BCUT2D eigenvalue weighted by Crippen LogP contribution is -2.47. The van der Waals surface area contributed by atoms with Crippen molar-refractivity contribution in [1.29, 1.82) is 0 Å². The van der Waals surface area contributed by atoms with Crippen LogP contribution < -0.4 is 10.1 Å². The van der Waals surface area contributed by atoms with Gasteiger partial charge in [0.05, 0.1) is 18.1 Å². The van der Waals surface area contributed by atoms with Crippen molar-refractivity contribution in [3.63, 3.8) is 0 Å². The third kappa shape index (κ3) is 8.16. The zero-order valence-corrected chi connectivity index (χ0v) is 20.6. The molecule has 0 radical (unpaired) electrons. The van der Waals surface area contributed by atoms with Gasteiger partial charge in [-0.1, -0.05) is 13.8 Å². The summed E-state index contributed by atoms with van der Waals surface area (Å²) >= 11 is 0. The van der Waals surface area contributed by atoms with E-state index >= 15 is 0 Å². The normalized spacial score (nSPS) is 22.9. The summed E-state index contributed by atoms with van der Waals surface area (Å²) in [5, 5.41) is 2.78. The monoisotopic (exact) mass is 487 g/mol.